The van der Waals surface area contributed by atoms with Crippen LogP contribution in [0.4, 0.5) is 4.79 Å². The normalized spacial score (nSPS) is 24.6. The van der Waals surface area contributed by atoms with E-state index in [2.05, 4.69) is 32.9 Å². The van der Waals surface area contributed by atoms with Gasteiger partial charge in [-0.05, 0) is 56.2 Å². The Morgan fingerprint density at radius 2 is 1.67 bits per heavy atom. The summed E-state index contributed by atoms with van der Waals surface area (Å²) in [5.41, 5.74) is 5.13. The van der Waals surface area contributed by atoms with Crippen LogP contribution in [0.3, 0.4) is 0 Å². The van der Waals surface area contributed by atoms with Crippen molar-refractivity contribution in [2.24, 2.45) is 11.8 Å². The average Bonchev–Trinajstić information content (AvgIpc) is 3.40. The Morgan fingerprint density at radius 1 is 1.07 bits per heavy atom. The first-order chi connectivity index (χ1) is 14.4. The smallest absolute Gasteiger partial charge is 0.434 e. The number of carbonyl (C=O) groups excluding carboxylic acids is 2. The molecule has 1 saturated carbocycles. The van der Waals surface area contributed by atoms with Crippen LogP contribution in [-0.2, 0) is 27.1 Å². The highest BCUT2D eigenvalue weighted by Crippen LogP contribution is 2.63. The number of fused-ring (bicyclic) bond motifs is 1. The molecule has 4 nitrogen and oxygen atoms in total. The number of Topliss-reactive ketones (excluding diaryl/α,β-unsaturated/α-hetero) is 1. The molecule has 1 spiro atoms. The van der Waals surface area contributed by atoms with E-state index < -0.39 is 6.16 Å². The molecule has 0 aromatic heterocycles. The van der Waals surface area contributed by atoms with E-state index in [1.807, 2.05) is 23.5 Å². The van der Waals surface area contributed by atoms with Crippen molar-refractivity contribution in [3.63, 3.8) is 0 Å². The number of aryl methyl sites for hydroxylation is 3. The van der Waals surface area contributed by atoms with Crippen molar-refractivity contribution in [3.05, 3.63) is 40.1 Å². The molecular weight excluding hydrogens is 416 g/mol. The largest absolute Gasteiger partial charge is 0.513 e. The van der Waals surface area contributed by atoms with Crippen LogP contribution in [0.25, 0.3) is 5.57 Å². The van der Waals surface area contributed by atoms with E-state index in [-0.39, 0.29) is 28.3 Å². The number of ketones is 1. The van der Waals surface area contributed by atoms with Gasteiger partial charge in [0, 0.05) is 23.3 Å². The first kappa shape index (κ1) is 21.8. The number of benzene rings is 1. The summed E-state index contributed by atoms with van der Waals surface area (Å²) in [7, 11) is 0. The summed E-state index contributed by atoms with van der Waals surface area (Å²) in [6, 6.07) is 4.32. The third-order valence-electron chi connectivity index (χ3n) is 6.44. The summed E-state index contributed by atoms with van der Waals surface area (Å²) < 4.78 is 11.0. The van der Waals surface area contributed by atoms with Gasteiger partial charge in [0.1, 0.15) is 5.76 Å². The summed E-state index contributed by atoms with van der Waals surface area (Å²) in [5, 5.41) is 0. The molecular formula is C24H30O4S2. The minimum atomic E-state index is -0.700. The topological polar surface area (TPSA) is 52.6 Å². The summed E-state index contributed by atoms with van der Waals surface area (Å²) >= 11 is 3.95. The Hall–Kier alpha value is -1.40. The lowest BCUT2D eigenvalue weighted by Gasteiger charge is -2.23. The van der Waals surface area contributed by atoms with Crippen LogP contribution in [0.1, 0.15) is 55.9 Å². The zero-order chi connectivity index (χ0) is 21.5. The van der Waals surface area contributed by atoms with Crippen molar-refractivity contribution in [2.45, 2.75) is 57.5 Å². The van der Waals surface area contributed by atoms with E-state index in [1.54, 1.807) is 6.92 Å². The Morgan fingerprint density at radius 3 is 2.23 bits per heavy atom. The van der Waals surface area contributed by atoms with Gasteiger partial charge in [-0.2, -0.15) is 0 Å². The number of rotatable bonds is 5. The summed E-state index contributed by atoms with van der Waals surface area (Å²) in [6.45, 7) is 8.34. The van der Waals surface area contributed by atoms with Gasteiger partial charge < -0.3 is 9.47 Å². The number of ether oxygens (including phenoxy) is 2. The molecule has 1 saturated heterocycles. The summed E-state index contributed by atoms with van der Waals surface area (Å²) in [6.07, 6.45) is 2.71. The molecule has 0 radical (unpaired) electrons. The van der Waals surface area contributed by atoms with Crippen molar-refractivity contribution in [3.8, 4) is 0 Å². The minimum Gasteiger partial charge on any atom is -0.434 e. The maximum atomic E-state index is 13.8. The Balaban J connectivity index is 1.85. The van der Waals surface area contributed by atoms with Crippen molar-refractivity contribution in [2.75, 3.05) is 18.1 Å². The van der Waals surface area contributed by atoms with Crippen LogP contribution in [-0.4, -0.2) is 34.1 Å². The van der Waals surface area contributed by atoms with Crippen molar-refractivity contribution in [1.29, 1.82) is 0 Å². The van der Waals surface area contributed by atoms with Gasteiger partial charge in [0.05, 0.1) is 16.3 Å². The Bertz CT molecular complexity index is 873. The van der Waals surface area contributed by atoms with E-state index in [9.17, 15) is 9.59 Å². The van der Waals surface area contributed by atoms with E-state index in [1.165, 1.54) is 5.56 Å². The molecule has 2 fully saturated rings. The van der Waals surface area contributed by atoms with Crippen LogP contribution in [0.2, 0.25) is 0 Å². The lowest BCUT2D eigenvalue weighted by Crippen LogP contribution is -2.17. The van der Waals surface area contributed by atoms with Gasteiger partial charge in [0.25, 0.3) is 0 Å². The molecule has 2 aliphatic carbocycles. The molecule has 0 amide bonds. The van der Waals surface area contributed by atoms with Gasteiger partial charge in [0.2, 0.25) is 0 Å². The first-order valence-electron chi connectivity index (χ1n) is 11.0. The number of hydrogen-bond acceptors (Lipinski definition) is 6. The number of allylic oxidation sites excluding steroid dienone is 2. The fourth-order valence-electron chi connectivity index (χ4n) is 5.24. The number of carbonyl (C=O) groups is 2. The van der Waals surface area contributed by atoms with E-state index >= 15 is 0 Å². The molecule has 1 aromatic carbocycles. The second-order valence-corrected chi connectivity index (χ2v) is 11.5. The second-order valence-electron chi connectivity index (χ2n) is 8.28. The monoisotopic (exact) mass is 446 g/mol. The van der Waals surface area contributed by atoms with E-state index in [0.717, 1.165) is 53.9 Å². The maximum absolute atomic E-state index is 13.8. The maximum Gasteiger partial charge on any atom is 0.513 e. The zero-order valence-corrected chi connectivity index (χ0v) is 19.8. The van der Waals surface area contributed by atoms with Gasteiger partial charge in [-0.1, -0.05) is 31.5 Å². The van der Waals surface area contributed by atoms with Crippen LogP contribution >= 0.6 is 23.5 Å². The lowest BCUT2D eigenvalue weighted by atomic mass is 9.87. The molecule has 6 heteroatoms. The Kier molecular flexibility index (Phi) is 6.27. The molecule has 1 aliphatic heterocycles. The number of thioether (sulfide) groups is 2. The van der Waals surface area contributed by atoms with Crippen LogP contribution in [0.15, 0.2) is 17.9 Å². The fourth-order valence-corrected chi connectivity index (χ4v) is 8.68. The third kappa shape index (κ3) is 3.70. The van der Waals surface area contributed by atoms with Crippen LogP contribution in [0.5, 0.6) is 0 Å². The minimum absolute atomic E-state index is 0.0364. The third-order valence-corrected chi connectivity index (χ3v) is 9.94. The van der Waals surface area contributed by atoms with Gasteiger partial charge in [-0.25, -0.2) is 4.79 Å². The molecule has 0 bridgehead atoms. The van der Waals surface area contributed by atoms with Crippen molar-refractivity contribution in [1.82, 2.24) is 0 Å². The molecule has 0 unspecified atom stereocenters. The van der Waals surface area contributed by atoms with Gasteiger partial charge in [-0.15, -0.1) is 23.5 Å². The highest BCUT2D eigenvalue weighted by atomic mass is 32.2. The van der Waals surface area contributed by atoms with Gasteiger partial charge >= 0.3 is 6.16 Å². The highest BCUT2D eigenvalue weighted by molar-refractivity contribution is 8.21. The molecule has 3 aliphatic rings. The predicted molar refractivity (Wildman–Crippen MR) is 124 cm³/mol. The van der Waals surface area contributed by atoms with Gasteiger partial charge in [-0.3, -0.25) is 4.79 Å². The van der Waals surface area contributed by atoms with E-state index in [0.29, 0.717) is 11.3 Å². The van der Waals surface area contributed by atoms with E-state index in [4.69, 9.17) is 9.47 Å². The fraction of sp³-hybridized carbons (Fsp3) is 0.583. The Labute approximate surface area is 187 Å². The summed E-state index contributed by atoms with van der Waals surface area (Å²) in [4.78, 5) is 26.1. The van der Waals surface area contributed by atoms with Crippen molar-refractivity contribution < 1.29 is 19.1 Å². The van der Waals surface area contributed by atoms with Crippen LogP contribution < -0.4 is 0 Å². The second kappa shape index (κ2) is 8.62. The van der Waals surface area contributed by atoms with Crippen molar-refractivity contribution >= 4 is 41.0 Å². The average molecular weight is 447 g/mol. The van der Waals surface area contributed by atoms with Gasteiger partial charge in [0.15, 0.2) is 5.78 Å². The molecule has 162 valence electrons. The molecule has 2 atom stereocenters. The predicted octanol–water partition coefficient (Wildman–Crippen LogP) is 5.79. The standard InChI is InChI=1S/C24H30O4S2/c1-5-15-10-14(4)11-16(6-2)19(15)20-21(25)17-12-24(29-8-9-30-24)13-18(17)22(20)28-23(26)27-7-3/h10-11,17-18H,5-9,12-13H2,1-4H3/t17-,18+/m1/s1. The first-order valence-corrected chi connectivity index (χ1v) is 12.9. The molecule has 1 heterocycles. The highest BCUT2D eigenvalue weighted by Gasteiger charge is 2.57. The molecule has 30 heavy (non-hydrogen) atoms. The SMILES string of the molecule is CCOC(=O)OC1=C(c2c(CC)cc(C)cc2CC)C(=O)[C@@H]2CC3(C[C@H]12)SCCS3. The molecule has 4 rings (SSSR count). The molecule has 0 N–H and O–H groups in total. The van der Waals surface area contributed by atoms with Crippen LogP contribution in [0, 0.1) is 18.8 Å². The zero-order valence-electron chi connectivity index (χ0n) is 18.2. The quantitative estimate of drug-likeness (QED) is 0.534. The number of hydrogen-bond donors (Lipinski definition) is 0. The summed E-state index contributed by atoms with van der Waals surface area (Å²) in [5.74, 6) is 2.82. The molecule has 1 aromatic rings. The lowest BCUT2D eigenvalue weighted by molar-refractivity contribution is -0.117.